The van der Waals surface area contributed by atoms with E-state index >= 15 is 0 Å². The predicted molar refractivity (Wildman–Crippen MR) is 67.5 cm³/mol. The van der Waals surface area contributed by atoms with Gasteiger partial charge < -0.3 is 5.32 Å². The molecule has 1 atom stereocenters. The standard InChI is InChI=1S/C12H23NOS/c1-2-3-4-5-6-7-12(14)11-10-15-9-8-13-11/h11,13H,2-10H2,1H3. The van der Waals surface area contributed by atoms with Crippen molar-refractivity contribution >= 4 is 17.5 Å². The molecule has 0 radical (unpaired) electrons. The molecule has 1 fully saturated rings. The van der Waals surface area contributed by atoms with Crippen LogP contribution in [0.1, 0.15) is 45.4 Å². The van der Waals surface area contributed by atoms with E-state index in [1.165, 1.54) is 25.7 Å². The summed E-state index contributed by atoms with van der Waals surface area (Å²) in [5, 5.41) is 3.30. The van der Waals surface area contributed by atoms with Gasteiger partial charge in [-0.1, -0.05) is 32.6 Å². The third kappa shape index (κ3) is 5.57. The lowest BCUT2D eigenvalue weighted by Gasteiger charge is -2.21. The zero-order valence-electron chi connectivity index (χ0n) is 9.76. The molecule has 0 amide bonds. The summed E-state index contributed by atoms with van der Waals surface area (Å²) in [6.45, 7) is 3.21. The van der Waals surface area contributed by atoms with Crippen molar-refractivity contribution in [2.75, 3.05) is 18.1 Å². The SMILES string of the molecule is CCCCCCCC(=O)C1CSCCN1. The number of nitrogens with one attached hydrogen (secondary N) is 1. The Bertz CT molecular complexity index is 178. The van der Waals surface area contributed by atoms with Crippen LogP contribution in [0.4, 0.5) is 0 Å². The number of thioether (sulfide) groups is 1. The summed E-state index contributed by atoms with van der Waals surface area (Å²) in [5.41, 5.74) is 0. The van der Waals surface area contributed by atoms with Gasteiger partial charge in [0.2, 0.25) is 0 Å². The molecule has 2 nitrogen and oxygen atoms in total. The van der Waals surface area contributed by atoms with Crippen LogP contribution in [0.15, 0.2) is 0 Å². The Morgan fingerprint density at radius 2 is 2.13 bits per heavy atom. The van der Waals surface area contributed by atoms with Gasteiger partial charge in [-0.3, -0.25) is 4.79 Å². The molecule has 1 aliphatic rings. The average Bonchev–Trinajstić information content (AvgIpc) is 2.30. The van der Waals surface area contributed by atoms with Crippen LogP contribution < -0.4 is 5.32 Å². The number of hydrogen-bond acceptors (Lipinski definition) is 3. The minimum Gasteiger partial charge on any atom is -0.306 e. The first kappa shape index (κ1) is 13.0. The number of carbonyl (C=O) groups is 1. The topological polar surface area (TPSA) is 29.1 Å². The number of hydrogen-bond donors (Lipinski definition) is 1. The first-order chi connectivity index (χ1) is 7.34. The molecule has 0 saturated carbocycles. The first-order valence-corrected chi connectivity index (χ1v) is 7.34. The van der Waals surface area contributed by atoms with E-state index in [2.05, 4.69) is 12.2 Å². The van der Waals surface area contributed by atoms with Gasteiger partial charge in [-0.15, -0.1) is 0 Å². The maximum absolute atomic E-state index is 11.8. The molecule has 15 heavy (non-hydrogen) atoms. The van der Waals surface area contributed by atoms with Gasteiger partial charge in [0.05, 0.1) is 6.04 Å². The normalized spacial score (nSPS) is 21.5. The van der Waals surface area contributed by atoms with E-state index < -0.39 is 0 Å². The maximum atomic E-state index is 11.8. The Morgan fingerprint density at radius 3 is 2.80 bits per heavy atom. The molecule has 1 aliphatic heterocycles. The van der Waals surface area contributed by atoms with Crippen molar-refractivity contribution in [3.05, 3.63) is 0 Å². The Balaban J connectivity index is 2.02. The maximum Gasteiger partial charge on any atom is 0.150 e. The molecule has 1 saturated heterocycles. The van der Waals surface area contributed by atoms with Gasteiger partial charge in [0.15, 0.2) is 5.78 Å². The molecule has 1 heterocycles. The summed E-state index contributed by atoms with van der Waals surface area (Å²) >= 11 is 1.90. The van der Waals surface area contributed by atoms with E-state index in [-0.39, 0.29) is 6.04 Å². The summed E-state index contributed by atoms with van der Waals surface area (Å²) in [6, 6.07) is 0.148. The van der Waals surface area contributed by atoms with Crippen molar-refractivity contribution in [2.24, 2.45) is 0 Å². The summed E-state index contributed by atoms with van der Waals surface area (Å²) in [6.07, 6.45) is 6.96. The van der Waals surface area contributed by atoms with Gasteiger partial charge >= 0.3 is 0 Å². The molecule has 0 aliphatic carbocycles. The second kappa shape index (κ2) is 8.17. The second-order valence-electron chi connectivity index (χ2n) is 4.21. The van der Waals surface area contributed by atoms with E-state index in [1.54, 1.807) is 0 Å². The minimum absolute atomic E-state index is 0.148. The van der Waals surface area contributed by atoms with Crippen molar-refractivity contribution in [1.82, 2.24) is 5.32 Å². The fraction of sp³-hybridized carbons (Fsp3) is 0.917. The molecule has 3 heteroatoms. The zero-order valence-corrected chi connectivity index (χ0v) is 10.6. The highest BCUT2D eigenvalue weighted by atomic mass is 32.2. The third-order valence-electron chi connectivity index (χ3n) is 2.84. The van der Waals surface area contributed by atoms with Crippen LogP contribution in [0.2, 0.25) is 0 Å². The van der Waals surface area contributed by atoms with Crippen LogP contribution in [0.5, 0.6) is 0 Å². The van der Waals surface area contributed by atoms with Gasteiger partial charge in [0.1, 0.15) is 0 Å². The lowest BCUT2D eigenvalue weighted by molar-refractivity contribution is -0.120. The average molecular weight is 229 g/mol. The molecule has 1 unspecified atom stereocenters. The van der Waals surface area contributed by atoms with E-state index in [9.17, 15) is 4.79 Å². The fourth-order valence-electron chi connectivity index (χ4n) is 1.85. The Hall–Kier alpha value is -0.0200. The van der Waals surface area contributed by atoms with Crippen LogP contribution in [-0.2, 0) is 4.79 Å². The van der Waals surface area contributed by atoms with E-state index in [1.807, 2.05) is 11.8 Å². The molecular formula is C12H23NOS. The van der Waals surface area contributed by atoms with Crippen LogP contribution >= 0.6 is 11.8 Å². The lowest BCUT2D eigenvalue weighted by atomic mass is 10.1. The summed E-state index contributed by atoms with van der Waals surface area (Å²) in [5.74, 6) is 2.56. The number of ketones is 1. The number of Topliss-reactive ketones (excluding diaryl/α,β-unsaturated/α-hetero) is 1. The number of unbranched alkanes of at least 4 members (excludes halogenated alkanes) is 4. The summed E-state index contributed by atoms with van der Waals surface area (Å²) in [7, 11) is 0. The van der Waals surface area contributed by atoms with E-state index in [0.717, 1.165) is 30.9 Å². The molecule has 1 rings (SSSR count). The Labute approximate surface area is 97.6 Å². The van der Waals surface area contributed by atoms with Gasteiger partial charge in [-0.05, 0) is 6.42 Å². The predicted octanol–water partition coefficient (Wildman–Crippen LogP) is 2.62. The number of rotatable bonds is 7. The van der Waals surface area contributed by atoms with Crippen LogP contribution in [0.3, 0.4) is 0 Å². The van der Waals surface area contributed by atoms with Gasteiger partial charge in [0, 0.05) is 24.5 Å². The smallest absolute Gasteiger partial charge is 0.150 e. The van der Waals surface area contributed by atoms with Crippen molar-refractivity contribution in [3.63, 3.8) is 0 Å². The second-order valence-corrected chi connectivity index (χ2v) is 5.36. The lowest BCUT2D eigenvalue weighted by Crippen LogP contribution is -2.43. The highest BCUT2D eigenvalue weighted by molar-refractivity contribution is 7.99. The largest absolute Gasteiger partial charge is 0.306 e. The Morgan fingerprint density at radius 1 is 1.33 bits per heavy atom. The first-order valence-electron chi connectivity index (χ1n) is 6.18. The monoisotopic (exact) mass is 229 g/mol. The van der Waals surface area contributed by atoms with Gasteiger partial charge in [0.25, 0.3) is 0 Å². The summed E-state index contributed by atoms with van der Waals surface area (Å²) < 4.78 is 0. The summed E-state index contributed by atoms with van der Waals surface area (Å²) in [4.78, 5) is 11.8. The molecule has 0 spiro atoms. The van der Waals surface area contributed by atoms with Gasteiger partial charge in [-0.2, -0.15) is 11.8 Å². The molecule has 1 N–H and O–H groups in total. The molecule has 0 bridgehead atoms. The highest BCUT2D eigenvalue weighted by Gasteiger charge is 2.19. The zero-order chi connectivity index (χ0) is 10.9. The fourth-order valence-corrected chi connectivity index (χ4v) is 2.82. The molecular weight excluding hydrogens is 206 g/mol. The minimum atomic E-state index is 0.148. The molecule has 0 aromatic carbocycles. The quantitative estimate of drug-likeness (QED) is 0.680. The van der Waals surface area contributed by atoms with Crippen molar-refractivity contribution in [1.29, 1.82) is 0 Å². The van der Waals surface area contributed by atoms with Crippen LogP contribution in [0, 0.1) is 0 Å². The highest BCUT2D eigenvalue weighted by Crippen LogP contribution is 2.12. The molecule has 0 aromatic rings. The van der Waals surface area contributed by atoms with Crippen LogP contribution in [-0.4, -0.2) is 29.9 Å². The van der Waals surface area contributed by atoms with Gasteiger partial charge in [-0.25, -0.2) is 0 Å². The molecule has 0 aromatic heterocycles. The molecule has 88 valence electrons. The van der Waals surface area contributed by atoms with Crippen molar-refractivity contribution in [3.8, 4) is 0 Å². The van der Waals surface area contributed by atoms with Crippen LogP contribution in [0.25, 0.3) is 0 Å². The van der Waals surface area contributed by atoms with E-state index in [4.69, 9.17) is 0 Å². The Kier molecular flexibility index (Phi) is 7.11. The third-order valence-corrected chi connectivity index (χ3v) is 3.90. The van der Waals surface area contributed by atoms with E-state index in [0.29, 0.717) is 5.78 Å². The van der Waals surface area contributed by atoms with Crippen molar-refractivity contribution in [2.45, 2.75) is 51.5 Å². The van der Waals surface area contributed by atoms with Crippen molar-refractivity contribution < 1.29 is 4.79 Å². The number of carbonyl (C=O) groups excluding carboxylic acids is 1.